The molecule has 2 aromatic rings. The molecule has 1 aromatic carbocycles. The average molecular weight is 287 g/mol. The van der Waals surface area contributed by atoms with Crippen LogP contribution in [0, 0.1) is 22.7 Å². The number of aromatic nitrogens is 2. The van der Waals surface area contributed by atoms with Gasteiger partial charge < -0.3 is 0 Å². The second-order valence-corrected chi connectivity index (χ2v) is 5.57. The van der Waals surface area contributed by atoms with Gasteiger partial charge in [-0.2, -0.15) is 15.6 Å². The van der Waals surface area contributed by atoms with E-state index in [9.17, 15) is 8.42 Å². The summed E-state index contributed by atoms with van der Waals surface area (Å²) in [6, 6.07) is 9.32. The minimum absolute atomic E-state index is 0.0540. The van der Waals surface area contributed by atoms with Crippen molar-refractivity contribution < 1.29 is 8.42 Å². The predicted molar refractivity (Wildman–Crippen MR) is 69.9 cm³/mol. The number of rotatable bonds is 3. The number of sulfonamides is 1. The molecule has 0 saturated heterocycles. The second kappa shape index (κ2) is 5.03. The van der Waals surface area contributed by atoms with Gasteiger partial charge in [0.2, 0.25) is 0 Å². The Bertz CT molecular complexity index is 839. The highest BCUT2D eigenvalue weighted by atomic mass is 32.2. The third-order valence-corrected chi connectivity index (χ3v) is 3.90. The molecule has 1 heterocycles. The van der Waals surface area contributed by atoms with E-state index in [1.165, 1.54) is 42.2 Å². The number of nitriles is 2. The molecule has 0 unspecified atom stereocenters. The van der Waals surface area contributed by atoms with Crippen molar-refractivity contribution in [2.24, 2.45) is 7.05 Å². The van der Waals surface area contributed by atoms with E-state index in [4.69, 9.17) is 10.5 Å². The molecule has 100 valence electrons. The van der Waals surface area contributed by atoms with E-state index >= 15 is 0 Å². The monoisotopic (exact) mass is 287 g/mol. The molecule has 0 radical (unpaired) electrons. The van der Waals surface area contributed by atoms with Gasteiger partial charge in [-0.3, -0.25) is 9.40 Å². The summed E-state index contributed by atoms with van der Waals surface area (Å²) >= 11 is 0. The van der Waals surface area contributed by atoms with Gasteiger partial charge >= 0.3 is 0 Å². The van der Waals surface area contributed by atoms with E-state index in [0.717, 1.165) is 0 Å². The van der Waals surface area contributed by atoms with Crippen molar-refractivity contribution in [2.75, 3.05) is 4.72 Å². The molecule has 8 heteroatoms. The first-order valence-corrected chi connectivity index (χ1v) is 6.91. The molecule has 0 spiro atoms. The Morgan fingerprint density at radius 2 is 2.05 bits per heavy atom. The molecular weight excluding hydrogens is 278 g/mol. The lowest BCUT2D eigenvalue weighted by atomic mass is 10.2. The smallest absolute Gasteiger partial charge is 0.262 e. The summed E-state index contributed by atoms with van der Waals surface area (Å²) in [5.41, 5.74) is 0.353. The zero-order valence-corrected chi connectivity index (χ0v) is 11.2. The van der Waals surface area contributed by atoms with Gasteiger partial charge in [0.25, 0.3) is 10.0 Å². The quantitative estimate of drug-likeness (QED) is 0.903. The predicted octanol–water partition coefficient (Wildman–Crippen LogP) is 0.964. The van der Waals surface area contributed by atoms with Gasteiger partial charge in [-0.05, 0) is 18.2 Å². The maximum Gasteiger partial charge on any atom is 0.263 e. The Morgan fingerprint density at radius 1 is 1.30 bits per heavy atom. The standard InChI is InChI=1S/C12H9N5O2S/c1-17-12(10(7-14)8-15-17)16-20(18,19)11-4-2-3-9(5-11)6-13/h2-5,8,16H,1H3. The first kappa shape index (κ1) is 13.6. The molecule has 0 aliphatic rings. The van der Waals surface area contributed by atoms with Crippen LogP contribution in [0.15, 0.2) is 35.4 Å². The molecule has 0 aliphatic carbocycles. The summed E-state index contributed by atoms with van der Waals surface area (Å²) in [7, 11) is -2.37. The molecule has 7 nitrogen and oxygen atoms in total. The van der Waals surface area contributed by atoms with Crippen molar-refractivity contribution in [3.63, 3.8) is 0 Å². The van der Waals surface area contributed by atoms with Gasteiger partial charge in [0.1, 0.15) is 11.6 Å². The molecule has 1 N–H and O–H groups in total. The van der Waals surface area contributed by atoms with Crippen LogP contribution in [0.4, 0.5) is 5.82 Å². The maximum atomic E-state index is 12.2. The number of benzene rings is 1. The Morgan fingerprint density at radius 3 is 2.70 bits per heavy atom. The Hall–Kier alpha value is -2.84. The molecule has 0 saturated carbocycles. The molecule has 0 aliphatic heterocycles. The largest absolute Gasteiger partial charge is 0.263 e. The van der Waals surface area contributed by atoms with Crippen LogP contribution >= 0.6 is 0 Å². The Kier molecular flexibility index (Phi) is 3.42. The highest BCUT2D eigenvalue weighted by Crippen LogP contribution is 2.19. The van der Waals surface area contributed by atoms with E-state index in [2.05, 4.69) is 9.82 Å². The van der Waals surface area contributed by atoms with E-state index in [1.54, 1.807) is 0 Å². The minimum atomic E-state index is -3.88. The van der Waals surface area contributed by atoms with Crippen LogP contribution in [0.25, 0.3) is 0 Å². The van der Waals surface area contributed by atoms with Crippen molar-refractivity contribution in [2.45, 2.75) is 4.90 Å². The number of nitrogens with zero attached hydrogens (tertiary/aromatic N) is 4. The summed E-state index contributed by atoms with van der Waals surface area (Å²) in [6.45, 7) is 0. The van der Waals surface area contributed by atoms with Gasteiger partial charge in [-0.25, -0.2) is 8.42 Å². The lowest BCUT2D eigenvalue weighted by Crippen LogP contribution is -2.16. The van der Waals surface area contributed by atoms with Crippen LogP contribution in [0.2, 0.25) is 0 Å². The topological polar surface area (TPSA) is 112 Å². The fraction of sp³-hybridized carbons (Fsp3) is 0.0833. The summed E-state index contributed by atoms with van der Waals surface area (Å²) in [6.07, 6.45) is 1.27. The van der Waals surface area contributed by atoms with Gasteiger partial charge in [-0.15, -0.1) is 0 Å². The fourth-order valence-electron chi connectivity index (χ4n) is 1.56. The summed E-state index contributed by atoms with van der Waals surface area (Å²) in [5, 5.41) is 21.5. The van der Waals surface area contributed by atoms with E-state index in [-0.39, 0.29) is 21.8 Å². The summed E-state index contributed by atoms with van der Waals surface area (Å²) in [5.74, 6) is 0.0786. The lowest BCUT2D eigenvalue weighted by molar-refractivity contribution is 0.600. The average Bonchev–Trinajstić information content (AvgIpc) is 2.79. The number of hydrogen-bond donors (Lipinski definition) is 1. The Labute approximate surface area is 115 Å². The van der Waals surface area contributed by atoms with Gasteiger partial charge in [0, 0.05) is 7.05 Å². The molecule has 0 amide bonds. The number of aryl methyl sites for hydroxylation is 1. The molecule has 2 rings (SSSR count). The molecule has 1 aromatic heterocycles. The van der Waals surface area contributed by atoms with Crippen molar-refractivity contribution in [1.29, 1.82) is 10.5 Å². The molecule has 0 atom stereocenters. The van der Waals surface area contributed by atoms with Crippen molar-refractivity contribution in [3.8, 4) is 12.1 Å². The summed E-state index contributed by atoms with van der Waals surface area (Å²) < 4.78 is 28.0. The first-order valence-electron chi connectivity index (χ1n) is 5.43. The third kappa shape index (κ3) is 2.46. The normalized spacial score (nSPS) is 10.6. The minimum Gasteiger partial charge on any atom is -0.262 e. The SMILES string of the molecule is Cn1ncc(C#N)c1NS(=O)(=O)c1cccc(C#N)c1. The van der Waals surface area contributed by atoms with Crippen molar-refractivity contribution in [1.82, 2.24) is 9.78 Å². The highest BCUT2D eigenvalue weighted by molar-refractivity contribution is 7.92. The van der Waals surface area contributed by atoms with E-state index < -0.39 is 10.0 Å². The number of anilines is 1. The Balaban J connectivity index is 2.44. The van der Waals surface area contributed by atoms with E-state index in [0.29, 0.717) is 0 Å². The van der Waals surface area contributed by atoms with Gasteiger partial charge in [0.05, 0.1) is 22.7 Å². The van der Waals surface area contributed by atoms with Crippen LogP contribution in [0.3, 0.4) is 0 Å². The van der Waals surface area contributed by atoms with Crippen LogP contribution in [-0.2, 0) is 17.1 Å². The molecular formula is C12H9N5O2S. The maximum absolute atomic E-state index is 12.2. The zero-order valence-electron chi connectivity index (χ0n) is 10.4. The van der Waals surface area contributed by atoms with Crippen molar-refractivity contribution in [3.05, 3.63) is 41.6 Å². The highest BCUT2D eigenvalue weighted by Gasteiger charge is 2.19. The lowest BCUT2D eigenvalue weighted by Gasteiger charge is -2.08. The molecule has 0 fully saturated rings. The van der Waals surface area contributed by atoms with Crippen molar-refractivity contribution >= 4 is 15.8 Å². The van der Waals surface area contributed by atoms with Gasteiger partial charge in [0.15, 0.2) is 5.82 Å². The fourth-order valence-corrected chi connectivity index (χ4v) is 2.71. The summed E-state index contributed by atoms with van der Waals surface area (Å²) in [4.78, 5) is -0.0540. The van der Waals surface area contributed by atoms with Crippen LogP contribution in [0.5, 0.6) is 0 Å². The number of hydrogen-bond acceptors (Lipinski definition) is 5. The van der Waals surface area contributed by atoms with Crippen LogP contribution in [-0.4, -0.2) is 18.2 Å². The molecule has 20 heavy (non-hydrogen) atoms. The first-order chi connectivity index (χ1) is 9.47. The number of nitrogens with one attached hydrogen (secondary N) is 1. The third-order valence-electron chi connectivity index (χ3n) is 2.56. The van der Waals surface area contributed by atoms with Crippen LogP contribution < -0.4 is 4.72 Å². The van der Waals surface area contributed by atoms with Gasteiger partial charge in [-0.1, -0.05) is 6.07 Å². The second-order valence-electron chi connectivity index (χ2n) is 3.89. The zero-order chi connectivity index (χ0) is 14.8. The molecule has 0 bridgehead atoms. The van der Waals surface area contributed by atoms with Crippen LogP contribution in [0.1, 0.15) is 11.1 Å². The van der Waals surface area contributed by atoms with E-state index in [1.807, 2.05) is 12.1 Å².